The molecule has 180 valence electrons. The van der Waals surface area contributed by atoms with Crippen molar-refractivity contribution >= 4 is 21.6 Å². The number of sulfonamides is 1. The topological polar surface area (TPSA) is 84.9 Å². The van der Waals surface area contributed by atoms with E-state index in [1.807, 2.05) is 56.3 Å². The van der Waals surface area contributed by atoms with E-state index < -0.39 is 15.9 Å². The van der Waals surface area contributed by atoms with Crippen LogP contribution in [0.2, 0.25) is 0 Å². The molecule has 7 nitrogen and oxygen atoms in total. The zero-order valence-corrected chi connectivity index (χ0v) is 20.7. The van der Waals surface area contributed by atoms with Gasteiger partial charge in [-0.15, -0.1) is 0 Å². The maximum Gasteiger partial charge on any atom is 0.262 e. The molecule has 3 rings (SSSR count). The molecule has 0 heterocycles. The summed E-state index contributed by atoms with van der Waals surface area (Å²) in [5.41, 5.74) is 2.23. The first-order chi connectivity index (χ1) is 16.2. The van der Waals surface area contributed by atoms with E-state index in [2.05, 4.69) is 5.32 Å². The van der Waals surface area contributed by atoms with Gasteiger partial charge < -0.3 is 14.8 Å². The maximum atomic E-state index is 13.0. The van der Waals surface area contributed by atoms with E-state index in [4.69, 9.17) is 9.47 Å². The van der Waals surface area contributed by atoms with Crippen LogP contribution in [0, 0.1) is 13.8 Å². The number of carbonyl (C=O) groups is 1. The maximum absolute atomic E-state index is 13.0. The predicted octanol–water partition coefficient (Wildman–Crippen LogP) is 5.14. The van der Waals surface area contributed by atoms with E-state index >= 15 is 0 Å². The summed E-state index contributed by atoms with van der Waals surface area (Å²) < 4.78 is 39.0. The van der Waals surface area contributed by atoms with Crippen molar-refractivity contribution < 1.29 is 22.7 Å². The Bertz CT molecular complexity index is 1240. The molecule has 0 aliphatic carbocycles. The molecule has 0 spiro atoms. The lowest BCUT2D eigenvalue weighted by atomic mass is 10.2. The number of rotatable bonds is 10. The molecule has 0 saturated heterocycles. The van der Waals surface area contributed by atoms with Gasteiger partial charge in [0.1, 0.15) is 11.5 Å². The first-order valence-electron chi connectivity index (χ1n) is 11.1. The largest absolute Gasteiger partial charge is 0.483 e. The van der Waals surface area contributed by atoms with Gasteiger partial charge in [0.25, 0.3) is 5.91 Å². The number of hydrogen-bond acceptors (Lipinski definition) is 5. The molecule has 0 unspecified atom stereocenters. The molecule has 0 saturated carbocycles. The van der Waals surface area contributed by atoms with Crippen LogP contribution in [0.25, 0.3) is 0 Å². The van der Waals surface area contributed by atoms with E-state index in [1.54, 1.807) is 26.0 Å². The second kappa shape index (κ2) is 11.2. The number of ether oxygens (including phenoxy) is 2. The van der Waals surface area contributed by atoms with Crippen molar-refractivity contribution in [2.24, 2.45) is 0 Å². The highest BCUT2D eigenvalue weighted by Gasteiger charge is 2.23. The minimum atomic E-state index is -3.72. The zero-order chi connectivity index (χ0) is 24.7. The van der Waals surface area contributed by atoms with E-state index in [0.29, 0.717) is 30.3 Å². The third-order valence-corrected chi connectivity index (χ3v) is 7.32. The summed E-state index contributed by atoms with van der Waals surface area (Å²) in [4.78, 5) is 12.8. The summed E-state index contributed by atoms with van der Waals surface area (Å²) >= 11 is 0. The molecule has 0 radical (unpaired) electrons. The van der Waals surface area contributed by atoms with Gasteiger partial charge in [0.15, 0.2) is 12.4 Å². The van der Waals surface area contributed by atoms with Gasteiger partial charge in [-0.05, 0) is 55.8 Å². The number of aryl methyl sites for hydroxylation is 2. The van der Waals surface area contributed by atoms with Gasteiger partial charge in [-0.1, -0.05) is 49.7 Å². The number of anilines is 1. The van der Waals surface area contributed by atoms with Crippen molar-refractivity contribution in [2.75, 3.05) is 25.0 Å². The molecular formula is C26H30N2O5S. The summed E-state index contributed by atoms with van der Waals surface area (Å²) in [7, 11) is -3.72. The molecule has 1 N–H and O–H groups in total. The lowest BCUT2D eigenvalue weighted by molar-refractivity contribution is -0.118. The van der Waals surface area contributed by atoms with Crippen LogP contribution in [0.4, 0.5) is 5.69 Å². The highest BCUT2D eigenvalue weighted by molar-refractivity contribution is 7.89. The number of nitrogens with one attached hydrogen (secondary N) is 1. The van der Waals surface area contributed by atoms with Gasteiger partial charge in [0.05, 0.1) is 10.6 Å². The average molecular weight is 483 g/mol. The molecule has 0 fully saturated rings. The van der Waals surface area contributed by atoms with Crippen molar-refractivity contribution in [3.8, 4) is 17.2 Å². The summed E-state index contributed by atoms with van der Waals surface area (Å²) in [6, 6.07) is 19.3. The number of hydrogen-bond donors (Lipinski definition) is 1. The molecule has 0 aliphatic heterocycles. The highest BCUT2D eigenvalue weighted by atomic mass is 32.2. The van der Waals surface area contributed by atoms with Gasteiger partial charge in [0.2, 0.25) is 10.0 Å². The van der Waals surface area contributed by atoms with E-state index in [1.165, 1.54) is 16.4 Å². The van der Waals surface area contributed by atoms with Crippen LogP contribution >= 0.6 is 0 Å². The smallest absolute Gasteiger partial charge is 0.262 e. The second-order valence-electron chi connectivity index (χ2n) is 7.76. The van der Waals surface area contributed by atoms with Crippen LogP contribution in [0.3, 0.4) is 0 Å². The third kappa shape index (κ3) is 6.15. The predicted molar refractivity (Wildman–Crippen MR) is 133 cm³/mol. The normalized spacial score (nSPS) is 11.3. The summed E-state index contributed by atoms with van der Waals surface area (Å²) in [6.45, 7) is 7.86. The van der Waals surface area contributed by atoms with Crippen LogP contribution in [-0.2, 0) is 14.8 Å². The van der Waals surface area contributed by atoms with Crippen molar-refractivity contribution in [2.45, 2.75) is 32.6 Å². The molecule has 0 atom stereocenters. The van der Waals surface area contributed by atoms with Crippen LogP contribution < -0.4 is 14.8 Å². The number of carbonyl (C=O) groups excluding carboxylic acids is 1. The molecule has 1 amide bonds. The lowest BCUT2D eigenvalue weighted by Crippen LogP contribution is -2.30. The molecule has 0 bridgehead atoms. The van der Waals surface area contributed by atoms with E-state index in [9.17, 15) is 13.2 Å². The molecular weight excluding hydrogens is 452 g/mol. The number of para-hydroxylation sites is 1. The average Bonchev–Trinajstić information content (AvgIpc) is 2.81. The van der Waals surface area contributed by atoms with Gasteiger partial charge in [-0.25, -0.2) is 8.42 Å². The van der Waals surface area contributed by atoms with Crippen molar-refractivity contribution in [1.82, 2.24) is 4.31 Å². The number of benzene rings is 3. The van der Waals surface area contributed by atoms with Gasteiger partial charge in [-0.3, -0.25) is 4.79 Å². The third-order valence-electron chi connectivity index (χ3n) is 5.27. The van der Waals surface area contributed by atoms with Gasteiger partial charge >= 0.3 is 0 Å². The first-order valence-corrected chi connectivity index (χ1v) is 12.6. The Morgan fingerprint density at radius 2 is 1.59 bits per heavy atom. The van der Waals surface area contributed by atoms with Crippen LogP contribution in [0.15, 0.2) is 71.6 Å². The van der Waals surface area contributed by atoms with E-state index in [0.717, 1.165) is 11.1 Å². The number of amides is 1. The summed E-state index contributed by atoms with van der Waals surface area (Å²) in [6.07, 6.45) is 0. The summed E-state index contributed by atoms with van der Waals surface area (Å²) in [5, 5.41) is 2.75. The van der Waals surface area contributed by atoms with Crippen molar-refractivity contribution in [1.29, 1.82) is 0 Å². The van der Waals surface area contributed by atoms with Crippen LogP contribution in [-0.4, -0.2) is 38.3 Å². The Hall–Kier alpha value is -3.36. The molecule has 34 heavy (non-hydrogen) atoms. The molecule has 3 aromatic carbocycles. The Morgan fingerprint density at radius 3 is 2.24 bits per heavy atom. The molecule has 3 aromatic rings. The Morgan fingerprint density at radius 1 is 0.912 bits per heavy atom. The fourth-order valence-corrected chi connectivity index (χ4v) is 4.83. The highest BCUT2D eigenvalue weighted by Crippen LogP contribution is 2.33. The van der Waals surface area contributed by atoms with Crippen LogP contribution in [0.5, 0.6) is 17.2 Å². The van der Waals surface area contributed by atoms with Gasteiger partial charge in [-0.2, -0.15) is 4.31 Å². The van der Waals surface area contributed by atoms with Crippen molar-refractivity contribution in [3.05, 3.63) is 77.9 Å². The van der Waals surface area contributed by atoms with Gasteiger partial charge in [0, 0.05) is 13.1 Å². The zero-order valence-electron chi connectivity index (χ0n) is 19.9. The van der Waals surface area contributed by atoms with Crippen molar-refractivity contribution in [3.63, 3.8) is 0 Å². The van der Waals surface area contributed by atoms with E-state index in [-0.39, 0.29) is 17.2 Å². The minimum Gasteiger partial charge on any atom is -0.483 e. The van der Waals surface area contributed by atoms with Crippen LogP contribution in [0.1, 0.15) is 25.0 Å². The molecule has 8 heteroatoms. The quantitative estimate of drug-likeness (QED) is 0.432. The standard InChI is InChI=1S/C26H30N2O5S/c1-5-28(6-2)34(30,31)22-15-16-25(33-21-13-11-19(3)12-14-21)23(17-22)27-26(29)18-32-24-10-8-7-9-20(24)4/h7-17H,5-6,18H2,1-4H3,(H,27,29). The number of nitrogens with zero attached hydrogens (tertiary/aromatic N) is 1. The monoisotopic (exact) mass is 482 g/mol. The fourth-order valence-electron chi connectivity index (χ4n) is 3.35. The second-order valence-corrected chi connectivity index (χ2v) is 9.70. The summed E-state index contributed by atoms with van der Waals surface area (Å²) in [5.74, 6) is 1.06. The SMILES string of the molecule is CCN(CC)S(=O)(=O)c1ccc(Oc2ccc(C)cc2)c(NC(=O)COc2ccccc2C)c1. The Kier molecular flexibility index (Phi) is 8.31. The fraction of sp³-hybridized carbons (Fsp3) is 0.269. The Labute approximate surface area is 201 Å². The minimum absolute atomic E-state index is 0.0718. The first kappa shape index (κ1) is 25.3. The molecule has 0 aliphatic rings. The molecule has 0 aromatic heterocycles. The lowest BCUT2D eigenvalue weighted by Gasteiger charge is -2.20. The Balaban J connectivity index is 1.89.